The Kier molecular flexibility index (Phi) is 3.34. The van der Waals surface area contributed by atoms with Crippen molar-refractivity contribution in [1.29, 1.82) is 0 Å². The highest BCUT2D eigenvalue weighted by Gasteiger charge is 2.29. The summed E-state index contributed by atoms with van der Waals surface area (Å²) in [6.45, 7) is 0. The van der Waals surface area contributed by atoms with Crippen LogP contribution in [0.3, 0.4) is 0 Å². The second kappa shape index (κ2) is 4.22. The molecule has 88 valence electrons. The number of halogens is 2. The van der Waals surface area contributed by atoms with E-state index >= 15 is 0 Å². The van der Waals surface area contributed by atoms with Crippen LogP contribution in [0.1, 0.15) is 0 Å². The molecule has 0 saturated carbocycles. The quantitative estimate of drug-likeness (QED) is 0.473. The van der Waals surface area contributed by atoms with Crippen LogP contribution in [0.4, 0.5) is 10.1 Å². The molecule has 0 heterocycles. The topological polar surface area (TPSA) is 86.5 Å². The lowest BCUT2D eigenvalue weighted by atomic mass is 10.3. The SMILES string of the molecule is COc1c(S(=O)(=O)Cl)ccc(F)c1[N+](=O)[O-]. The van der Waals surface area contributed by atoms with Crippen molar-refractivity contribution in [2.75, 3.05) is 7.11 Å². The van der Waals surface area contributed by atoms with Crippen LogP contribution in [0.25, 0.3) is 0 Å². The molecular weight excluding hydrogens is 265 g/mol. The number of nitrogens with zero attached hydrogens (tertiary/aromatic N) is 1. The third-order valence-electron chi connectivity index (χ3n) is 1.70. The minimum absolute atomic E-state index is 0.635. The van der Waals surface area contributed by atoms with Gasteiger partial charge in [0.15, 0.2) is 0 Å². The predicted octanol–water partition coefficient (Wildman–Crippen LogP) is 1.67. The summed E-state index contributed by atoms with van der Waals surface area (Å²) >= 11 is 0. The molecule has 6 nitrogen and oxygen atoms in total. The van der Waals surface area contributed by atoms with Gasteiger partial charge in [-0.05, 0) is 12.1 Å². The first-order chi connectivity index (χ1) is 7.29. The maximum atomic E-state index is 13.1. The van der Waals surface area contributed by atoms with Crippen molar-refractivity contribution in [2.45, 2.75) is 4.90 Å². The molecule has 0 atom stereocenters. The van der Waals surface area contributed by atoms with Gasteiger partial charge in [-0.1, -0.05) is 0 Å². The monoisotopic (exact) mass is 269 g/mol. The summed E-state index contributed by atoms with van der Waals surface area (Å²) < 4.78 is 39.7. The summed E-state index contributed by atoms with van der Waals surface area (Å²) in [5.74, 6) is -1.93. The number of rotatable bonds is 3. The summed E-state index contributed by atoms with van der Waals surface area (Å²) in [7, 11) is 1.76. The molecule has 0 fully saturated rings. The number of ether oxygens (including phenoxy) is 1. The molecule has 1 aromatic rings. The van der Waals surface area contributed by atoms with E-state index in [1.165, 1.54) is 0 Å². The highest BCUT2D eigenvalue weighted by atomic mass is 35.7. The number of methoxy groups -OCH3 is 1. The van der Waals surface area contributed by atoms with E-state index in [0.29, 0.717) is 6.07 Å². The summed E-state index contributed by atoms with van der Waals surface area (Å²) in [5.41, 5.74) is -1.07. The van der Waals surface area contributed by atoms with Crippen molar-refractivity contribution in [3.05, 3.63) is 28.1 Å². The smallest absolute Gasteiger partial charge is 0.347 e. The molecule has 0 aliphatic heterocycles. The molecule has 0 saturated heterocycles. The zero-order chi connectivity index (χ0) is 12.5. The van der Waals surface area contributed by atoms with Crippen LogP contribution in [-0.2, 0) is 9.05 Å². The third-order valence-corrected chi connectivity index (χ3v) is 3.04. The van der Waals surface area contributed by atoms with Gasteiger partial charge in [-0.25, -0.2) is 8.42 Å². The van der Waals surface area contributed by atoms with Gasteiger partial charge in [-0.15, -0.1) is 0 Å². The van der Waals surface area contributed by atoms with E-state index < -0.39 is 36.1 Å². The summed E-state index contributed by atoms with van der Waals surface area (Å²) in [5, 5.41) is 10.5. The van der Waals surface area contributed by atoms with Crippen LogP contribution in [0.2, 0.25) is 0 Å². The number of nitro groups is 1. The summed E-state index contributed by atoms with van der Waals surface area (Å²) in [6.07, 6.45) is 0. The van der Waals surface area contributed by atoms with Gasteiger partial charge in [0.25, 0.3) is 9.05 Å². The van der Waals surface area contributed by atoms with Crippen LogP contribution in [0, 0.1) is 15.9 Å². The van der Waals surface area contributed by atoms with E-state index in [2.05, 4.69) is 4.74 Å². The maximum absolute atomic E-state index is 13.1. The van der Waals surface area contributed by atoms with Gasteiger partial charge >= 0.3 is 5.69 Å². The Morgan fingerprint density at radius 3 is 2.44 bits per heavy atom. The third kappa shape index (κ3) is 2.22. The van der Waals surface area contributed by atoms with Gasteiger partial charge in [0.1, 0.15) is 4.90 Å². The van der Waals surface area contributed by atoms with Gasteiger partial charge in [0.05, 0.1) is 12.0 Å². The molecule has 0 radical (unpaired) electrons. The molecule has 1 rings (SSSR count). The zero-order valence-electron chi connectivity index (χ0n) is 7.81. The van der Waals surface area contributed by atoms with Crippen molar-refractivity contribution >= 4 is 25.4 Å². The van der Waals surface area contributed by atoms with Crippen LogP contribution < -0.4 is 4.74 Å². The van der Waals surface area contributed by atoms with Crippen molar-refractivity contribution in [3.8, 4) is 5.75 Å². The molecule has 0 N–H and O–H groups in total. The van der Waals surface area contributed by atoms with Crippen LogP contribution in [-0.4, -0.2) is 20.5 Å². The van der Waals surface area contributed by atoms with Crippen LogP contribution in [0.5, 0.6) is 5.75 Å². The van der Waals surface area contributed by atoms with Crippen molar-refractivity contribution in [2.24, 2.45) is 0 Å². The molecule has 9 heteroatoms. The Labute approximate surface area is 94.2 Å². The predicted molar refractivity (Wildman–Crippen MR) is 52.6 cm³/mol. The highest BCUT2D eigenvalue weighted by Crippen LogP contribution is 2.37. The average molecular weight is 270 g/mol. The lowest BCUT2D eigenvalue weighted by Gasteiger charge is -2.06. The van der Waals surface area contributed by atoms with Crippen molar-refractivity contribution in [3.63, 3.8) is 0 Å². The molecule has 16 heavy (non-hydrogen) atoms. The molecule has 0 amide bonds. The van der Waals surface area contributed by atoms with Crippen LogP contribution >= 0.6 is 10.7 Å². The number of hydrogen-bond acceptors (Lipinski definition) is 5. The van der Waals surface area contributed by atoms with E-state index in [4.69, 9.17) is 10.7 Å². The maximum Gasteiger partial charge on any atom is 0.347 e. The second-order valence-corrected chi connectivity index (χ2v) is 5.16. The summed E-state index contributed by atoms with van der Waals surface area (Å²) in [6, 6.07) is 1.43. The zero-order valence-corrected chi connectivity index (χ0v) is 9.38. The molecule has 0 aromatic heterocycles. The minimum Gasteiger partial charge on any atom is -0.489 e. The van der Waals surface area contributed by atoms with Gasteiger partial charge in [-0.3, -0.25) is 10.1 Å². The minimum atomic E-state index is -4.24. The Morgan fingerprint density at radius 1 is 1.50 bits per heavy atom. The Balaban J connectivity index is 3.69. The first-order valence-electron chi connectivity index (χ1n) is 3.74. The average Bonchev–Trinajstić information content (AvgIpc) is 2.14. The highest BCUT2D eigenvalue weighted by molar-refractivity contribution is 8.13. The van der Waals surface area contributed by atoms with E-state index in [9.17, 15) is 22.9 Å². The Bertz CT molecular complexity index is 544. The molecule has 0 aliphatic rings. The fourth-order valence-electron chi connectivity index (χ4n) is 1.09. The van der Waals surface area contributed by atoms with Gasteiger partial charge in [0.2, 0.25) is 11.6 Å². The lowest BCUT2D eigenvalue weighted by molar-refractivity contribution is -0.388. The normalized spacial score (nSPS) is 11.2. The van der Waals surface area contributed by atoms with E-state index in [1.54, 1.807) is 0 Å². The molecule has 0 spiro atoms. The van der Waals surface area contributed by atoms with Crippen molar-refractivity contribution in [1.82, 2.24) is 0 Å². The van der Waals surface area contributed by atoms with Gasteiger partial charge in [0, 0.05) is 10.7 Å². The standard InChI is InChI=1S/C7H5ClFNO5S/c1-15-7-5(16(8,13)14)3-2-4(9)6(7)10(11)12/h2-3H,1H3. The molecule has 0 aliphatic carbocycles. The molecule has 1 aromatic carbocycles. The van der Waals surface area contributed by atoms with Gasteiger partial charge < -0.3 is 4.74 Å². The van der Waals surface area contributed by atoms with Crippen molar-refractivity contribution < 1.29 is 22.5 Å². The summed E-state index contributed by atoms with van der Waals surface area (Å²) in [4.78, 5) is 8.80. The molecule has 0 bridgehead atoms. The number of nitro benzene ring substituents is 1. The first-order valence-corrected chi connectivity index (χ1v) is 6.05. The lowest BCUT2D eigenvalue weighted by Crippen LogP contribution is -2.02. The van der Waals surface area contributed by atoms with Gasteiger partial charge in [-0.2, -0.15) is 4.39 Å². The fraction of sp³-hybridized carbons (Fsp3) is 0.143. The second-order valence-electron chi connectivity index (χ2n) is 2.62. The van der Waals surface area contributed by atoms with E-state index in [0.717, 1.165) is 13.2 Å². The Morgan fingerprint density at radius 2 is 2.06 bits per heavy atom. The van der Waals surface area contributed by atoms with E-state index in [1.807, 2.05) is 0 Å². The van der Waals surface area contributed by atoms with Crippen LogP contribution in [0.15, 0.2) is 17.0 Å². The molecule has 0 unspecified atom stereocenters. The number of benzene rings is 1. The van der Waals surface area contributed by atoms with E-state index in [-0.39, 0.29) is 0 Å². The number of hydrogen-bond donors (Lipinski definition) is 0. The fourth-order valence-corrected chi connectivity index (χ4v) is 2.08. The largest absolute Gasteiger partial charge is 0.489 e. The molecular formula is C7H5ClFNO5S. The first kappa shape index (κ1) is 12.7. The Hall–Kier alpha value is -1.41.